The van der Waals surface area contributed by atoms with Crippen LogP contribution in [0.25, 0.3) is 17.1 Å². The first-order valence-corrected chi connectivity index (χ1v) is 10.0. The molecule has 4 aromatic rings. The van der Waals surface area contributed by atoms with Crippen molar-refractivity contribution in [2.24, 2.45) is 0 Å². The average Bonchev–Trinajstić information content (AvgIpc) is 3.29. The van der Waals surface area contributed by atoms with E-state index >= 15 is 0 Å². The van der Waals surface area contributed by atoms with Gasteiger partial charge < -0.3 is 4.52 Å². The predicted octanol–water partition coefficient (Wildman–Crippen LogP) is 5.44. The highest BCUT2D eigenvalue weighted by atomic mass is 35.5. The Labute approximate surface area is 172 Å². The van der Waals surface area contributed by atoms with Gasteiger partial charge in [-0.3, -0.25) is 4.57 Å². The molecule has 0 bridgehead atoms. The number of hydrogen-bond donors (Lipinski definition) is 0. The van der Waals surface area contributed by atoms with Crippen molar-refractivity contribution in [3.05, 3.63) is 70.8 Å². The Morgan fingerprint density at radius 3 is 2.46 bits per heavy atom. The number of para-hydroxylation sites is 1. The Bertz CT molecular complexity index is 1110. The summed E-state index contributed by atoms with van der Waals surface area (Å²) in [6, 6.07) is 15.7. The highest BCUT2D eigenvalue weighted by Gasteiger charge is 2.22. The van der Waals surface area contributed by atoms with Crippen LogP contribution in [0, 0.1) is 13.8 Å². The molecular formula is C20H18ClN5OS. The Kier molecular flexibility index (Phi) is 5.19. The molecule has 2 aromatic carbocycles. The van der Waals surface area contributed by atoms with Crippen LogP contribution in [0.4, 0.5) is 0 Å². The number of aromatic nitrogens is 5. The maximum atomic E-state index is 6.05. The first-order chi connectivity index (χ1) is 13.5. The highest BCUT2D eigenvalue weighted by molar-refractivity contribution is 7.99. The molecule has 0 spiro atoms. The van der Waals surface area contributed by atoms with Gasteiger partial charge in [0.05, 0.1) is 10.9 Å². The summed E-state index contributed by atoms with van der Waals surface area (Å²) in [4.78, 5) is 4.33. The minimum absolute atomic E-state index is 0.0637. The van der Waals surface area contributed by atoms with Crippen molar-refractivity contribution in [3.8, 4) is 17.1 Å². The molecule has 0 saturated heterocycles. The molecule has 0 aliphatic heterocycles. The number of thioether (sulfide) groups is 1. The third-order valence-electron chi connectivity index (χ3n) is 4.27. The number of aryl methyl sites for hydroxylation is 2. The van der Waals surface area contributed by atoms with Gasteiger partial charge in [0.1, 0.15) is 0 Å². The van der Waals surface area contributed by atoms with Crippen molar-refractivity contribution in [1.29, 1.82) is 0 Å². The van der Waals surface area contributed by atoms with Crippen molar-refractivity contribution in [3.63, 3.8) is 0 Å². The standard InChI is InChI=1S/C20H18ClN5OS/c1-12-6-4-5-7-17(12)26-18(15-8-10-16(21)11-9-15)23-24-20(26)28-13(2)19-22-14(3)25-27-19/h4-11,13H,1-3H3. The summed E-state index contributed by atoms with van der Waals surface area (Å²) in [5, 5.41) is 14.2. The SMILES string of the molecule is Cc1noc(C(C)Sc2nnc(-c3ccc(Cl)cc3)n2-c2ccccc2C)n1. The zero-order valence-corrected chi connectivity index (χ0v) is 17.2. The monoisotopic (exact) mass is 411 g/mol. The fraction of sp³-hybridized carbons (Fsp3) is 0.200. The second-order valence-electron chi connectivity index (χ2n) is 6.37. The Balaban J connectivity index is 1.80. The van der Waals surface area contributed by atoms with E-state index in [1.807, 2.05) is 43.3 Å². The predicted molar refractivity (Wildman–Crippen MR) is 110 cm³/mol. The lowest BCUT2D eigenvalue weighted by Crippen LogP contribution is -2.02. The second kappa shape index (κ2) is 7.77. The van der Waals surface area contributed by atoms with Crippen LogP contribution in [-0.4, -0.2) is 24.9 Å². The van der Waals surface area contributed by atoms with Gasteiger partial charge in [0.25, 0.3) is 0 Å². The molecule has 0 aliphatic carbocycles. The largest absolute Gasteiger partial charge is 0.338 e. The van der Waals surface area contributed by atoms with Crippen LogP contribution in [0.2, 0.25) is 5.02 Å². The van der Waals surface area contributed by atoms with Gasteiger partial charge in [-0.1, -0.05) is 46.7 Å². The number of halogens is 1. The topological polar surface area (TPSA) is 69.6 Å². The molecule has 4 rings (SSSR count). The smallest absolute Gasteiger partial charge is 0.239 e. The molecule has 0 saturated carbocycles. The fourth-order valence-electron chi connectivity index (χ4n) is 2.85. The normalized spacial score (nSPS) is 12.3. The number of benzene rings is 2. The molecule has 8 heteroatoms. The number of hydrogen-bond acceptors (Lipinski definition) is 6. The molecule has 6 nitrogen and oxygen atoms in total. The summed E-state index contributed by atoms with van der Waals surface area (Å²) in [7, 11) is 0. The second-order valence-corrected chi connectivity index (χ2v) is 8.12. The molecule has 0 amide bonds. The summed E-state index contributed by atoms with van der Waals surface area (Å²) in [6.45, 7) is 5.88. The third-order valence-corrected chi connectivity index (χ3v) is 5.55. The van der Waals surface area contributed by atoms with Gasteiger partial charge in [0.2, 0.25) is 5.89 Å². The van der Waals surface area contributed by atoms with E-state index < -0.39 is 0 Å². The first-order valence-electron chi connectivity index (χ1n) is 8.77. The van der Waals surface area contributed by atoms with Gasteiger partial charge in [-0.15, -0.1) is 10.2 Å². The molecule has 0 N–H and O–H groups in total. The fourth-order valence-corrected chi connectivity index (χ4v) is 3.87. The van der Waals surface area contributed by atoms with Gasteiger partial charge >= 0.3 is 0 Å². The van der Waals surface area contributed by atoms with E-state index in [2.05, 4.69) is 44.0 Å². The van der Waals surface area contributed by atoms with E-state index in [0.717, 1.165) is 27.8 Å². The van der Waals surface area contributed by atoms with E-state index in [1.54, 1.807) is 6.92 Å². The molecule has 0 radical (unpaired) electrons. The zero-order valence-electron chi connectivity index (χ0n) is 15.6. The quantitative estimate of drug-likeness (QED) is 0.407. The van der Waals surface area contributed by atoms with Crippen LogP contribution >= 0.6 is 23.4 Å². The van der Waals surface area contributed by atoms with Gasteiger partial charge in [-0.2, -0.15) is 4.98 Å². The summed E-state index contributed by atoms with van der Waals surface area (Å²) in [5.74, 6) is 1.93. The molecule has 142 valence electrons. The van der Waals surface area contributed by atoms with Crippen molar-refractivity contribution < 1.29 is 4.52 Å². The Morgan fingerprint density at radius 1 is 1.04 bits per heavy atom. The summed E-state index contributed by atoms with van der Waals surface area (Å²) in [5.41, 5.74) is 3.09. The average molecular weight is 412 g/mol. The minimum atomic E-state index is -0.0637. The lowest BCUT2D eigenvalue weighted by Gasteiger charge is -2.14. The van der Waals surface area contributed by atoms with Gasteiger partial charge in [0.15, 0.2) is 16.8 Å². The van der Waals surface area contributed by atoms with E-state index in [9.17, 15) is 0 Å². The molecule has 1 atom stereocenters. The zero-order chi connectivity index (χ0) is 19.7. The maximum Gasteiger partial charge on any atom is 0.239 e. The number of rotatable bonds is 5. The van der Waals surface area contributed by atoms with E-state index in [-0.39, 0.29) is 5.25 Å². The third kappa shape index (κ3) is 3.68. The van der Waals surface area contributed by atoms with Crippen molar-refractivity contribution in [2.45, 2.75) is 31.2 Å². The minimum Gasteiger partial charge on any atom is -0.338 e. The molecule has 0 fully saturated rings. The lowest BCUT2D eigenvalue weighted by atomic mass is 10.1. The van der Waals surface area contributed by atoms with Gasteiger partial charge in [0, 0.05) is 10.6 Å². The molecule has 2 aromatic heterocycles. The van der Waals surface area contributed by atoms with E-state index in [0.29, 0.717) is 16.7 Å². The highest BCUT2D eigenvalue weighted by Crippen LogP contribution is 2.37. The van der Waals surface area contributed by atoms with Crippen LogP contribution in [0.5, 0.6) is 0 Å². The van der Waals surface area contributed by atoms with E-state index in [4.69, 9.17) is 16.1 Å². The molecule has 28 heavy (non-hydrogen) atoms. The summed E-state index contributed by atoms with van der Waals surface area (Å²) in [6.07, 6.45) is 0. The van der Waals surface area contributed by atoms with Gasteiger partial charge in [-0.05, 0) is 56.7 Å². The van der Waals surface area contributed by atoms with Crippen LogP contribution < -0.4 is 0 Å². The van der Waals surface area contributed by atoms with Crippen LogP contribution in [-0.2, 0) is 0 Å². The van der Waals surface area contributed by atoms with Crippen molar-refractivity contribution >= 4 is 23.4 Å². The molecule has 2 heterocycles. The Hall–Kier alpha value is -2.64. The van der Waals surface area contributed by atoms with Crippen molar-refractivity contribution in [1.82, 2.24) is 24.9 Å². The first kappa shape index (κ1) is 18.7. The van der Waals surface area contributed by atoms with Crippen molar-refractivity contribution in [2.75, 3.05) is 0 Å². The number of nitrogens with zero attached hydrogens (tertiary/aromatic N) is 5. The Morgan fingerprint density at radius 2 is 1.79 bits per heavy atom. The lowest BCUT2D eigenvalue weighted by molar-refractivity contribution is 0.376. The molecular weight excluding hydrogens is 394 g/mol. The van der Waals surface area contributed by atoms with Crippen LogP contribution in [0.1, 0.15) is 29.5 Å². The van der Waals surface area contributed by atoms with Crippen LogP contribution in [0.3, 0.4) is 0 Å². The molecule has 0 aliphatic rings. The van der Waals surface area contributed by atoms with Gasteiger partial charge in [-0.25, -0.2) is 0 Å². The van der Waals surface area contributed by atoms with E-state index in [1.165, 1.54) is 11.8 Å². The summed E-state index contributed by atoms with van der Waals surface area (Å²) >= 11 is 7.58. The molecule has 1 unspecified atom stereocenters. The maximum absolute atomic E-state index is 6.05. The summed E-state index contributed by atoms with van der Waals surface area (Å²) < 4.78 is 7.38. The van der Waals surface area contributed by atoms with Crippen LogP contribution in [0.15, 0.2) is 58.2 Å².